The second-order valence-electron chi connectivity index (χ2n) is 4.65. The average molecular weight is 293 g/mol. The highest BCUT2D eigenvalue weighted by molar-refractivity contribution is 7.18. The maximum atomic E-state index is 11.9. The topological polar surface area (TPSA) is 106 Å². The zero-order valence-corrected chi connectivity index (χ0v) is 11.6. The number of nitrogens with two attached hydrogens (primary N) is 1. The van der Waals surface area contributed by atoms with Crippen LogP contribution in [0, 0.1) is 0 Å². The van der Waals surface area contributed by atoms with Crippen LogP contribution in [0.4, 0.5) is 10.7 Å². The van der Waals surface area contributed by atoms with Crippen molar-refractivity contribution in [2.75, 3.05) is 17.6 Å². The zero-order chi connectivity index (χ0) is 13.9. The van der Waals surface area contributed by atoms with Crippen molar-refractivity contribution >= 4 is 27.9 Å². The molecular formula is C12H15N5O2S. The lowest BCUT2D eigenvalue weighted by atomic mass is 10.3. The molecule has 1 fully saturated rings. The minimum atomic E-state index is -0.0834. The number of hydrogen-bond donors (Lipinski definition) is 3. The van der Waals surface area contributed by atoms with Gasteiger partial charge in [-0.25, -0.2) is 0 Å². The standard InChI is InChI=1S/C12H15N5O2S/c13-8-5-10(14-4-3-9-15-6-16-19-9)20-11(8)12(18)17-7-1-2-7/h5-7,14H,1-4,13H2,(H,17,18). The van der Waals surface area contributed by atoms with Gasteiger partial charge in [-0.05, 0) is 18.9 Å². The molecule has 1 aliphatic carbocycles. The Kier molecular flexibility index (Phi) is 3.55. The molecule has 2 aromatic rings. The highest BCUT2D eigenvalue weighted by Crippen LogP contribution is 2.30. The van der Waals surface area contributed by atoms with Gasteiger partial charge in [0, 0.05) is 19.0 Å². The van der Waals surface area contributed by atoms with Crippen molar-refractivity contribution < 1.29 is 9.32 Å². The molecule has 106 valence electrons. The lowest BCUT2D eigenvalue weighted by Gasteiger charge is -2.01. The molecule has 0 unspecified atom stereocenters. The van der Waals surface area contributed by atoms with Gasteiger partial charge in [-0.3, -0.25) is 4.79 Å². The van der Waals surface area contributed by atoms with E-state index in [1.807, 2.05) is 0 Å². The molecule has 0 spiro atoms. The van der Waals surface area contributed by atoms with E-state index in [1.165, 1.54) is 17.7 Å². The molecule has 7 nitrogen and oxygen atoms in total. The van der Waals surface area contributed by atoms with Gasteiger partial charge in [-0.15, -0.1) is 11.3 Å². The largest absolute Gasteiger partial charge is 0.397 e. The third kappa shape index (κ3) is 3.08. The zero-order valence-electron chi connectivity index (χ0n) is 10.8. The summed E-state index contributed by atoms with van der Waals surface area (Å²) in [5.74, 6) is 0.494. The molecule has 1 saturated carbocycles. The molecule has 0 aromatic carbocycles. The number of hydrogen-bond acceptors (Lipinski definition) is 7. The molecule has 0 saturated heterocycles. The summed E-state index contributed by atoms with van der Waals surface area (Å²) in [4.78, 5) is 16.4. The third-order valence-electron chi connectivity index (χ3n) is 2.92. The summed E-state index contributed by atoms with van der Waals surface area (Å²) in [6, 6.07) is 2.11. The van der Waals surface area contributed by atoms with Crippen LogP contribution in [0.5, 0.6) is 0 Å². The van der Waals surface area contributed by atoms with Crippen molar-refractivity contribution in [1.29, 1.82) is 0 Å². The predicted octanol–water partition coefficient (Wildman–Crippen LogP) is 1.26. The Labute approximate surface area is 119 Å². The molecule has 20 heavy (non-hydrogen) atoms. The van der Waals surface area contributed by atoms with Crippen LogP contribution in [0.25, 0.3) is 0 Å². The van der Waals surface area contributed by atoms with E-state index in [0.717, 1.165) is 17.8 Å². The lowest BCUT2D eigenvalue weighted by molar-refractivity contribution is 0.0956. The van der Waals surface area contributed by atoms with Gasteiger partial charge in [-0.2, -0.15) is 4.98 Å². The Balaban J connectivity index is 1.55. The molecule has 4 N–H and O–H groups in total. The van der Waals surface area contributed by atoms with Crippen LogP contribution in [0.15, 0.2) is 16.9 Å². The number of nitrogen functional groups attached to an aromatic ring is 1. The molecule has 2 aromatic heterocycles. The summed E-state index contributed by atoms with van der Waals surface area (Å²) in [7, 11) is 0. The highest BCUT2D eigenvalue weighted by Gasteiger charge is 2.25. The van der Waals surface area contributed by atoms with E-state index in [9.17, 15) is 4.79 Å². The van der Waals surface area contributed by atoms with Crippen LogP contribution in [0.3, 0.4) is 0 Å². The molecule has 0 bridgehead atoms. The van der Waals surface area contributed by atoms with Crippen molar-refractivity contribution in [2.45, 2.75) is 25.3 Å². The van der Waals surface area contributed by atoms with Crippen LogP contribution in [0.1, 0.15) is 28.4 Å². The smallest absolute Gasteiger partial charge is 0.263 e. The summed E-state index contributed by atoms with van der Waals surface area (Å²) < 4.78 is 4.90. The third-order valence-corrected chi connectivity index (χ3v) is 4.03. The number of amides is 1. The second-order valence-corrected chi connectivity index (χ2v) is 5.71. The number of nitrogens with zero attached hydrogens (tertiary/aromatic N) is 2. The summed E-state index contributed by atoms with van der Waals surface area (Å²) in [5.41, 5.74) is 6.38. The number of thiophene rings is 1. The van der Waals surface area contributed by atoms with E-state index < -0.39 is 0 Å². The molecule has 3 rings (SSSR count). The Bertz CT molecular complexity index is 591. The van der Waals surface area contributed by atoms with Gasteiger partial charge in [0.05, 0.1) is 10.7 Å². The molecule has 0 atom stereocenters. The van der Waals surface area contributed by atoms with Gasteiger partial charge >= 0.3 is 0 Å². The van der Waals surface area contributed by atoms with E-state index in [1.54, 1.807) is 6.07 Å². The van der Waals surface area contributed by atoms with E-state index in [4.69, 9.17) is 10.3 Å². The predicted molar refractivity (Wildman–Crippen MR) is 75.7 cm³/mol. The van der Waals surface area contributed by atoms with Gasteiger partial charge in [0.2, 0.25) is 5.89 Å². The summed E-state index contributed by atoms with van der Waals surface area (Å²) in [6.07, 6.45) is 4.12. The minimum absolute atomic E-state index is 0.0834. The fourth-order valence-electron chi connectivity index (χ4n) is 1.75. The lowest BCUT2D eigenvalue weighted by Crippen LogP contribution is -2.25. The number of carbonyl (C=O) groups excluding carboxylic acids is 1. The molecule has 0 radical (unpaired) electrons. The monoisotopic (exact) mass is 293 g/mol. The normalized spacial score (nSPS) is 14.2. The van der Waals surface area contributed by atoms with Gasteiger partial charge < -0.3 is 20.9 Å². The van der Waals surface area contributed by atoms with Crippen molar-refractivity contribution in [1.82, 2.24) is 15.5 Å². The first kappa shape index (κ1) is 12.9. The SMILES string of the molecule is Nc1cc(NCCc2ncno2)sc1C(=O)NC1CC1. The minimum Gasteiger partial charge on any atom is -0.397 e. The van der Waals surface area contributed by atoms with Crippen LogP contribution in [0.2, 0.25) is 0 Å². The van der Waals surface area contributed by atoms with Gasteiger partial charge in [0.1, 0.15) is 4.88 Å². The fourth-order valence-corrected chi connectivity index (χ4v) is 2.66. The number of rotatable bonds is 6. The van der Waals surface area contributed by atoms with Crippen LogP contribution in [-0.4, -0.2) is 28.6 Å². The fraction of sp³-hybridized carbons (Fsp3) is 0.417. The summed E-state index contributed by atoms with van der Waals surface area (Å²) >= 11 is 1.36. The highest BCUT2D eigenvalue weighted by atomic mass is 32.1. The van der Waals surface area contributed by atoms with Crippen LogP contribution < -0.4 is 16.4 Å². The maximum absolute atomic E-state index is 11.9. The average Bonchev–Trinajstić information content (AvgIpc) is 2.94. The second kappa shape index (κ2) is 5.49. The van der Waals surface area contributed by atoms with Crippen molar-refractivity contribution in [2.24, 2.45) is 0 Å². The van der Waals surface area contributed by atoms with Crippen molar-refractivity contribution in [3.63, 3.8) is 0 Å². The number of carbonyl (C=O) groups is 1. The summed E-state index contributed by atoms with van der Waals surface area (Å²) in [5, 5.41) is 10.5. The van der Waals surface area contributed by atoms with Crippen molar-refractivity contribution in [3.05, 3.63) is 23.2 Å². The van der Waals surface area contributed by atoms with E-state index in [2.05, 4.69) is 20.8 Å². The Hall–Kier alpha value is -2.09. The summed E-state index contributed by atoms with van der Waals surface area (Å²) in [6.45, 7) is 0.645. The quantitative estimate of drug-likeness (QED) is 0.740. The first-order chi connectivity index (χ1) is 9.72. The van der Waals surface area contributed by atoms with Gasteiger partial charge in [-0.1, -0.05) is 5.16 Å². The Morgan fingerprint density at radius 2 is 2.40 bits per heavy atom. The Morgan fingerprint density at radius 3 is 3.10 bits per heavy atom. The van der Waals surface area contributed by atoms with E-state index in [0.29, 0.717) is 35.5 Å². The Morgan fingerprint density at radius 1 is 1.55 bits per heavy atom. The first-order valence-corrected chi connectivity index (χ1v) is 7.23. The number of nitrogens with one attached hydrogen (secondary N) is 2. The molecule has 2 heterocycles. The van der Waals surface area contributed by atoms with Crippen molar-refractivity contribution in [3.8, 4) is 0 Å². The molecule has 0 aliphatic heterocycles. The number of anilines is 2. The van der Waals surface area contributed by atoms with Crippen LogP contribution >= 0.6 is 11.3 Å². The van der Waals surface area contributed by atoms with Gasteiger partial charge in [0.25, 0.3) is 5.91 Å². The first-order valence-electron chi connectivity index (χ1n) is 6.42. The number of aromatic nitrogens is 2. The van der Waals surface area contributed by atoms with E-state index >= 15 is 0 Å². The molecule has 8 heteroatoms. The van der Waals surface area contributed by atoms with Crippen LogP contribution in [-0.2, 0) is 6.42 Å². The molecule has 1 aliphatic rings. The van der Waals surface area contributed by atoms with E-state index in [-0.39, 0.29) is 5.91 Å². The van der Waals surface area contributed by atoms with Gasteiger partial charge in [0.15, 0.2) is 6.33 Å². The maximum Gasteiger partial charge on any atom is 0.263 e. The molecule has 1 amide bonds. The molecular weight excluding hydrogens is 278 g/mol.